The fourth-order valence-corrected chi connectivity index (χ4v) is 1.79. The molecule has 0 atom stereocenters. The van der Waals surface area contributed by atoms with Gasteiger partial charge in [-0.25, -0.2) is 0 Å². The van der Waals surface area contributed by atoms with E-state index in [9.17, 15) is 14.9 Å². The number of methoxy groups -OCH3 is 1. The van der Waals surface area contributed by atoms with E-state index in [1.807, 2.05) is 0 Å². The Hall–Kier alpha value is -2.48. The van der Waals surface area contributed by atoms with Gasteiger partial charge in [0.05, 0.1) is 10.4 Å². The summed E-state index contributed by atoms with van der Waals surface area (Å²) in [5.74, 6) is -0.368. The molecule has 0 aliphatic rings. The lowest BCUT2D eigenvalue weighted by Crippen LogP contribution is -2.25. The minimum Gasteiger partial charge on any atom is -0.385 e. The number of non-ortho nitro benzene ring substituents is 1. The van der Waals surface area contributed by atoms with Crippen LogP contribution in [0.1, 0.15) is 16.9 Å². The van der Waals surface area contributed by atoms with Gasteiger partial charge in [0.2, 0.25) is 0 Å². The first-order valence-corrected chi connectivity index (χ1v) is 6.03. The lowest BCUT2D eigenvalue weighted by atomic mass is 10.2. The lowest BCUT2D eigenvalue weighted by Gasteiger charge is -2.02. The summed E-state index contributed by atoms with van der Waals surface area (Å²) in [7, 11) is 1.59. The molecule has 2 rings (SSSR count). The van der Waals surface area contributed by atoms with Crippen LogP contribution in [-0.2, 0) is 4.74 Å². The van der Waals surface area contributed by atoms with Gasteiger partial charge in [0.25, 0.3) is 11.6 Å². The molecule has 0 spiro atoms. The summed E-state index contributed by atoms with van der Waals surface area (Å²) in [6.45, 7) is 1.00. The molecule has 2 N–H and O–H groups in total. The third-order valence-electron chi connectivity index (χ3n) is 2.78. The number of carbonyl (C=O) groups excluding carboxylic acids is 1. The largest absolute Gasteiger partial charge is 0.385 e. The van der Waals surface area contributed by atoms with Crippen molar-refractivity contribution < 1.29 is 14.5 Å². The number of nitrogens with one attached hydrogen (secondary N) is 2. The van der Waals surface area contributed by atoms with Crippen molar-refractivity contribution in [2.45, 2.75) is 6.42 Å². The number of fused-ring (bicyclic) bond motifs is 1. The zero-order valence-electron chi connectivity index (χ0n) is 10.9. The Morgan fingerprint density at radius 3 is 3.05 bits per heavy atom. The van der Waals surface area contributed by atoms with Crippen LogP contribution >= 0.6 is 0 Å². The highest BCUT2D eigenvalue weighted by atomic mass is 16.6. The van der Waals surface area contributed by atoms with Gasteiger partial charge in [-0.2, -0.15) is 5.10 Å². The number of benzene rings is 1. The second-order valence-corrected chi connectivity index (χ2v) is 4.16. The van der Waals surface area contributed by atoms with Crippen molar-refractivity contribution in [2.75, 3.05) is 20.3 Å². The average Bonchev–Trinajstić information content (AvgIpc) is 2.86. The molecular formula is C12H14N4O4. The summed E-state index contributed by atoms with van der Waals surface area (Å²) in [6, 6.07) is 4.23. The van der Waals surface area contributed by atoms with Gasteiger partial charge in [-0.15, -0.1) is 0 Å². The Bertz CT molecular complexity index is 637. The van der Waals surface area contributed by atoms with Gasteiger partial charge in [-0.05, 0) is 12.5 Å². The van der Waals surface area contributed by atoms with E-state index in [4.69, 9.17) is 4.74 Å². The first-order chi connectivity index (χ1) is 9.63. The number of hydrogen-bond donors (Lipinski definition) is 2. The fourth-order valence-electron chi connectivity index (χ4n) is 1.79. The minimum atomic E-state index is -0.507. The van der Waals surface area contributed by atoms with Crippen molar-refractivity contribution in [1.82, 2.24) is 15.5 Å². The second-order valence-electron chi connectivity index (χ2n) is 4.16. The molecule has 0 aliphatic heterocycles. The van der Waals surface area contributed by atoms with Crippen molar-refractivity contribution in [3.05, 3.63) is 34.0 Å². The number of carbonyl (C=O) groups is 1. The smallest absolute Gasteiger partial charge is 0.272 e. The van der Waals surface area contributed by atoms with Gasteiger partial charge in [0.1, 0.15) is 0 Å². The SMILES string of the molecule is COCCCNC(=O)c1n[nH]c2ccc([N+](=O)[O-])cc12. The van der Waals surface area contributed by atoms with E-state index in [-0.39, 0.29) is 17.3 Å². The van der Waals surface area contributed by atoms with Crippen LogP contribution < -0.4 is 5.32 Å². The summed E-state index contributed by atoms with van der Waals surface area (Å²) in [6.07, 6.45) is 0.685. The van der Waals surface area contributed by atoms with Crippen molar-refractivity contribution in [2.24, 2.45) is 0 Å². The summed E-state index contributed by atoms with van der Waals surface area (Å²) < 4.78 is 4.88. The molecule has 106 valence electrons. The van der Waals surface area contributed by atoms with E-state index < -0.39 is 4.92 Å². The molecule has 20 heavy (non-hydrogen) atoms. The molecule has 0 saturated heterocycles. The van der Waals surface area contributed by atoms with Crippen molar-refractivity contribution in [3.63, 3.8) is 0 Å². The number of amides is 1. The maximum absolute atomic E-state index is 12.0. The van der Waals surface area contributed by atoms with Crippen molar-refractivity contribution in [3.8, 4) is 0 Å². The number of nitro benzene ring substituents is 1. The predicted molar refractivity (Wildman–Crippen MR) is 71.6 cm³/mol. The summed E-state index contributed by atoms with van der Waals surface area (Å²) in [5, 5.41) is 20.5. The van der Waals surface area contributed by atoms with Crippen LogP contribution in [0.2, 0.25) is 0 Å². The highest BCUT2D eigenvalue weighted by Gasteiger charge is 2.16. The molecule has 1 aromatic carbocycles. The average molecular weight is 278 g/mol. The van der Waals surface area contributed by atoms with E-state index in [0.717, 1.165) is 0 Å². The van der Waals surface area contributed by atoms with Crippen molar-refractivity contribution >= 4 is 22.5 Å². The Labute approximate surface area is 114 Å². The lowest BCUT2D eigenvalue weighted by molar-refractivity contribution is -0.384. The Morgan fingerprint density at radius 1 is 1.55 bits per heavy atom. The van der Waals surface area contributed by atoms with Gasteiger partial charge in [-0.3, -0.25) is 20.0 Å². The molecule has 1 heterocycles. The zero-order valence-corrected chi connectivity index (χ0v) is 10.9. The normalized spacial score (nSPS) is 10.7. The molecule has 0 aliphatic carbocycles. The highest BCUT2D eigenvalue weighted by molar-refractivity contribution is 6.05. The maximum Gasteiger partial charge on any atom is 0.272 e. The number of H-pyrrole nitrogens is 1. The van der Waals surface area contributed by atoms with Gasteiger partial charge in [0, 0.05) is 37.8 Å². The number of rotatable bonds is 6. The van der Waals surface area contributed by atoms with Crippen LogP contribution in [-0.4, -0.2) is 41.3 Å². The maximum atomic E-state index is 12.0. The third kappa shape index (κ3) is 2.91. The standard InChI is InChI=1S/C12H14N4O4/c1-20-6-2-5-13-12(17)11-9-7-8(16(18)19)3-4-10(9)14-15-11/h3-4,7H,2,5-6H2,1H3,(H,13,17)(H,14,15). The highest BCUT2D eigenvalue weighted by Crippen LogP contribution is 2.21. The van der Waals surface area contributed by atoms with Crippen LogP contribution in [0.3, 0.4) is 0 Å². The molecule has 1 amide bonds. The quantitative estimate of drug-likeness (QED) is 0.469. The van der Waals surface area contributed by atoms with Crippen LogP contribution in [0, 0.1) is 10.1 Å². The summed E-state index contributed by atoms with van der Waals surface area (Å²) in [5.41, 5.74) is 0.658. The van der Waals surface area contributed by atoms with Gasteiger partial charge in [-0.1, -0.05) is 0 Å². The fraction of sp³-hybridized carbons (Fsp3) is 0.333. The minimum absolute atomic E-state index is 0.0765. The first-order valence-electron chi connectivity index (χ1n) is 6.03. The molecule has 0 saturated carbocycles. The number of nitro groups is 1. The molecular weight excluding hydrogens is 264 g/mol. The van der Waals surface area contributed by atoms with Crippen LogP contribution in [0.5, 0.6) is 0 Å². The number of hydrogen-bond acceptors (Lipinski definition) is 5. The zero-order chi connectivity index (χ0) is 14.5. The monoisotopic (exact) mass is 278 g/mol. The molecule has 0 unspecified atom stereocenters. The summed E-state index contributed by atoms with van der Waals surface area (Å²) in [4.78, 5) is 22.2. The third-order valence-corrected chi connectivity index (χ3v) is 2.78. The van der Waals surface area contributed by atoms with Crippen molar-refractivity contribution in [1.29, 1.82) is 0 Å². The molecule has 0 fully saturated rings. The van der Waals surface area contributed by atoms with Crippen LogP contribution in [0.15, 0.2) is 18.2 Å². The molecule has 1 aromatic heterocycles. The topological polar surface area (TPSA) is 110 Å². The Morgan fingerprint density at radius 2 is 2.35 bits per heavy atom. The number of aromatic nitrogens is 2. The van der Waals surface area contributed by atoms with E-state index in [1.54, 1.807) is 7.11 Å². The second kappa shape index (κ2) is 6.11. The Kier molecular flexibility index (Phi) is 4.26. The number of aromatic amines is 1. The van der Waals surface area contributed by atoms with Crippen LogP contribution in [0.25, 0.3) is 10.9 Å². The van der Waals surface area contributed by atoms with E-state index in [0.29, 0.717) is 30.5 Å². The molecule has 8 nitrogen and oxygen atoms in total. The van der Waals surface area contributed by atoms with E-state index >= 15 is 0 Å². The van der Waals surface area contributed by atoms with Gasteiger partial charge >= 0.3 is 0 Å². The molecule has 2 aromatic rings. The molecule has 8 heteroatoms. The van der Waals surface area contributed by atoms with Gasteiger partial charge < -0.3 is 10.1 Å². The molecule has 0 radical (unpaired) electrons. The Balaban J connectivity index is 2.18. The van der Waals surface area contributed by atoms with E-state index in [2.05, 4.69) is 15.5 Å². The van der Waals surface area contributed by atoms with Gasteiger partial charge in [0.15, 0.2) is 5.69 Å². The predicted octanol–water partition coefficient (Wildman–Crippen LogP) is 1.24. The summed E-state index contributed by atoms with van der Waals surface area (Å²) >= 11 is 0. The molecule has 0 bridgehead atoms. The number of ether oxygens (including phenoxy) is 1. The van der Waals surface area contributed by atoms with E-state index in [1.165, 1.54) is 18.2 Å². The van der Waals surface area contributed by atoms with Crippen LogP contribution in [0.4, 0.5) is 5.69 Å². The number of nitrogens with zero attached hydrogens (tertiary/aromatic N) is 2. The first kappa shape index (κ1) is 13.9.